The molecule has 7 atom stereocenters. The van der Waals surface area contributed by atoms with Crippen LogP contribution in [0.4, 0.5) is 0 Å². The van der Waals surface area contributed by atoms with Gasteiger partial charge < -0.3 is 14.6 Å². The quantitative estimate of drug-likeness (QED) is 0.582. The summed E-state index contributed by atoms with van der Waals surface area (Å²) in [6.07, 6.45) is 11.4. The number of esters is 2. The lowest BCUT2D eigenvalue weighted by molar-refractivity contribution is -0.175. The van der Waals surface area contributed by atoms with Gasteiger partial charge in [-0.05, 0) is 63.2 Å². The van der Waals surface area contributed by atoms with E-state index in [0.717, 1.165) is 25.7 Å². The largest absolute Gasteiger partial charge is 0.461 e. The molecule has 5 heteroatoms. The molecule has 0 aromatic heterocycles. The maximum absolute atomic E-state index is 12.7. The molecule has 0 aromatic carbocycles. The van der Waals surface area contributed by atoms with E-state index in [9.17, 15) is 14.7 Å². The molecule has 7 unspecified atom stereocenters. The number of aliphatic hydroxyl groups excluding tert-OH is 1. The molecule has 26 heavy (non-hydrogen) atoms. The van der Waals surface area contributed by atoms with Gasteiger partial charge in [-0.15, -0.1) is 0 Å². The zero-order valence-corrected chi connectivity index (χ0v) is 15.5. The fourth-order valence-corrected chi connectivity index (χ4v) is 5.40. The van der Waals surface area contributed by atoms with Crippen LogP contribution in [-0.4, -0.2) is 36.4 Å². The van der Waals surface area contributed by atoms with Crippen LogP contribution in [0.25, 0.3) is 0 Å². The Morgan fingerprint density at radius 1 is 1.00 bits per heavy atom. The number of rotatable bonds is 6. The van der Waals surface area contributed by atoms with E-state index in [0.29, 0.717) is 11.8 Å². The SMILES string of the molecule is CC1(C(=O)OCC(CO)OC(=O)C2(C)CC3C=CC2C3)CC2C=CC1C2. The number of carbonyl (C=O) groups excluding carboxylic acids is 2. The van der Waals surface area contributed by atoms with Gasteiger partial charge in [0.25, 0.3) is 0 Å². The van der Waals surface area contributed by atoms with E-state index in [2.05, 4.69) is 24.3 Å². The maximum Gasteiger partial charge on any atom is 0.312 e. The average Bonchev–Trinajstić information content (AvgIpc) is 3.38. The highest BCUT2D eigenvalue weighted by Crippen LogP contribution is 2.53. The van der Waals surface area contributed by atoms with Crippen LogP contribution >= 0.6 is 0 Å². The number of allylic oxidation sites excluding steroid dienone is 4. The van der Waals surface area contributed by atoms with Crippen LogP contribution < -0.4 is 0 Å². The van der Waals surface area contributed by atoms with Crippen molar-refractivity contribution in [2.24, 2.45) is 34.5 Å². The summed E-state index contributed by atoms with van der Waals surface area (Å²) < 4.78 is 11.0. The van der Waals surface area contributed by atoms with E-state index in [1.807, 2.05) is 13.8 Å². The van der Waals surface area contributed by atoms with Gasteiger partial charge in [0.05, 0.1) is 17.4 Å². The van der Waals surface area contributed by atoms with Gasteiger partial charge in [0.1, 0.15) is 6.61 Å². The number of carbonyl (C=O) groups is 2. The third kappa shape index (κ3) is 2.72. The molecule has 2 saturated carbocycles. The van der Waals surface area contributed by atoms with E-state index in [-0.39, 0.29) is 37.0 Å². The summed E-state index contributed by atoms with van der Waals surface area (Å²) in [5.74, 6) is 0.816. The molecule has 0 saturated heterocycles. The van der Waals surface area contributed by atoms with Crippen molar-refractivity contribution in [2.45, 2.75) is 45.6 Å². The first-order chi connectivity index (χ1) is 12.3. The van der Waals surface area contributed by atoms with E-state index < -0.39 is 16.9 Å². The molecule has 0 radical (unpaired) electrons. The fraction of sp³-hybridized carbons (Fsp3) is 0.714. The molecule has 4 aliphatic rings. The fourth-order valence-electron chi connectivity index (χ4n) is 5.40. The van der Waals surface area contributed by atoms with Crippen LogP contribution in [0.2, 0.25) is 0 Å². The third-order valence-electron chi connectivity index (χ3n) is 7.16. The van der Waals surface area contributed by atoms with Gasteiger partial charge in [-0.3, -0.25) is 9.59 Å². The van der Waals surface area contributed by atoms with Crippen molar-refractivity contribution in [3.63, 3.8) is 0 Å². The molecule has 4 aliphatic carbocycles. The minimum Gasteiger partial charge on any atom is -0.461 e. The highest BCUT2D eigenvalue weighted by molar-refractivity contribution is 5.79. The minimum atomic E-state index is -0.802. The number of ether oxygens (including phenoxy) is 2. The van der Waals surface area contributed by atoms with Crippen molar-refractivity contribution in [2.75, 3.05) is 13.2 Å². The number of aliphatic hydroxyl groups is 1. The Balaban J connectivity index is 1.32. The van der Waals surface area contributed by atoms with Gasteiger partial charge in [-0.1, -0.05) is 24.3 Å². The monoisotopic (exact) mass is 360 g/mol. The predicted octanol–water partition coefficient (Wildman–Crippen LogP) is 2.64. The second kappa shape index (κ2) is 6.22. The lowest BCUT2D eigenvalue weighted by atomic mass is 9.77. The first-order valence-electron chi connectivity index (χ1n) is 9.71. The molecule has 0 aliphatic heterocycles. The first kappa shape index (κ1) is 17.8. The molecule has 0 aromatic rings. The topological polar surface area (TPSA) is 72.8 Å². The van der Waals surface area contributed by atoms with Crippen LogP contribution in [0.15, 0.2) is 24.3 Å². The van der Waals surface area contributed by atoms with Gasteiger partial charge in [0.2, 0.25) is 0 Å². The zero-order chi connectivity index (χ0) is 18.5. The van der Waals surface area contributed by atoms with Gasteiger partial charge >= 0.3 is 11.9 Å². The molecule has 0 amide bonds. The molecule has 0 heterocycles. The lowest BCUT2D eigenvalue weighted by Gasteiger charge is -2.32. The van der Waals surface area contributed by atoms with Crippen molar-refractivity contribution in [1.29, 1.82) is 0 Å². The van der Waals surface area contributed by atoms with Crippen molar-refractivity contribution < 1.29 is 24.2 Å². The Hall–Kier alpha value is -1.62. The molecule has 4 bridgehead atoms. The summed E-state index contributed by atoms with van der Waals surface area (Å²) in [5.41, 5.74) is -1.02. The first-order valence-corrected chi connectivity index (χ1v) is 9.71. The smallest absolute Gasteiger partial charge is 0.312 e. The standard InChI is InChI=1S/C21H28O5/c1-20(9-13-3-5-15(20)7-13)18(23)25-12-17(11-22)26-19(24)21(2)10-14-4-6-16(21)8-14/h3-6,13-17,22H,7-12H2,1-2H3. The predicted molar refractivity (Wildman–Crippen MR) is 94.8 cm³/mol. The molecule has 2 fully saturated rings. The molecule has 1 N–H and O–H groups in total. The van der Waals surface area contributed by atoms with Gasteiger partial charge in [-0.2, -0.15) is 0 Å². The Kier molecular flexibility index (Phi) is 4.25. The summed E-state index contributed by atoms with van der Waals surface area (Å²) >= 11 is 0. The van der Waals surface area contributed by atoms with E-state index in [1.54, 1.807) is 0 Å². The van der Waals surface area contributed by atoms with E-state index in [4.69, 9.17) is 9.47 Å². The summed E-state index contributed by atoms with van der Waals surface area (Å²) in [6, 6.07) is 0. The van der Waals surface area contributed by atoms with Crippen LogP contribution in [0, 0.1) is 34.5 Å². The van der Waals surface area contributed by atoms with Gasteiger partial charge in [0.15, 0.2) is 6.10 Å². The normalized spacial score (nSPS) is 43.0. The van der Waals surface area contributed by atoms with Gasteiger partial charge in [-0.25, -0.2) is 0 Å². The Bertz CT molecular complexity index is 667. The second-order valence-corrected chi connectivity index (χ2v) is 9.03. The van der Waals surface area contributed by atoms with Crippen LogP contribution in [-0.2, 0) is 19.1 Å². The second-order valence-electron chi connectivity index (χ2n) is 9.03. The summed E-state index contributed by atoms with van der Waals surface area (Å²) in [6.45, 7) is 3.46. The zero-order valence-electron chi connectivity index (χ0n) is 15.5. The molecule has 5 nitrogen and oxygen atoms in total. The third-order valence-corrected chi connectivity index (χ3v) is 7.16. The Morgan fingerprint density at radius 2 is 1.54 bits per heavy atom. The lowest BCUT2D eigenvalue weighted by Crippen LogP contribution is -2.40. The van der Waals surface area contributed by atoms with Gasteiger partial charge in [0, 0.05) is 0 Å². The van der Waals surface area contributed by atoms with Crippen molar-refractivity contribution in [3.8, 4) is 0 Å². The molecular formula is C21H28O5. The van der Waals surface area contributed by atoms with Crippen LogP contribution in [0.1, 0.15) is 39.5 Å². The van der Waals surface area contributed by atoms with Crippen molar-refractivity contribution in [3.05, 3.63) is 24.3 Å². The summed E-state index contributed by atoms with van der Waals surface area (Å²) in [4.78, 5) is 25.3. The summed E-state index contributed by atoms with van der Waals surface area (Å²) in [7, 11) is 0. The van der Waals surface area contributed by atoms with Crippen LogP contribution in [0.5, 0.6) is 0 Å². The van der Waals surface area contributed by atoms with Crippen molar-refractivity contribution in [1.82, 2.24) is 0 Å². The highest BCUT2D eigenvalue weighted by Gasteiger charge is 2.52. The summed E-state index contributed by atoms with van der Waals surface area (Å²) in [5, 5.41) is 9.59. The molecule has 142 valence electrons. The van der Waals surface area contributed by atoms with E-state index in [1.165, 1.54) is 0 Å². The van der Waals surface area contributed by atoms with Crippen molar-refractivity contribution >= 4 is 11.9 Å². The highest BCUT2D eigenvalue weighted by atomic mass is 16.6. The maximum atomic E-state index is 12.7. The Morgan fingerprint density at radius 3 is 1.96 bits per heavy atom. The van der Waals surface area contributed by atoms with E-state index >= 15 is 0 Å². The average molecular weight is 360 g/mol. The number of hydrogen-bond acceptors (Lipinski definition) is 5. The minimum absolute atomic E-state index is 0.0855. The number of hydrogen-bond donors (Lipinski definition) is 1. The molecule has 0 spiro atoms. The van der Waals surface area contributed by atoms with Crippen LogP contribution in [0.3, 0.4) is 0 Å². The Labute approximate surface area is 154 Å². The molecule has 4 rings (SSSR count). The number of fused-ring (bicyclic) bond motifs is 4. The molecular weight excluding hydrogens is 332 g/mol.